The predicted octanol–water partition coefficient (Wildman–Crippen LogP) is 2.17. The summed E-state index contributed by atoms with van der Waals surface area (Å²) in [4.78, 5) is 0.389. The molecule has 1 aliphatic rings. The van der Waals surface area contributed by atoms with E-state index in [0.29, 0.717) is 31.2 Å². The van der Waals surface area contributed by atoms with Crippen LogP contribution in [0.25, 0.3) is 10.8 Å². The summed E-state index contributed by atoms with van der Waals surface area (Å²) < 4.78 is 32.3. The van der Waals surface area contributed by atoms with Crippen LogP contribution in [0.1, 0.15) is 5.56 Å². The van der Waals surface area contributed by atoms with Crippen LogP contribution in [0.4, 0.5) is 0 Å². The van der Waals surface area contributed by atoms with Gasteiger partial charge in [0, 0.05) is 18.5 Å². The molecule has 3 rings (SSSR count). The Hall–Kier alpha value is -1.43. The molecule has 4 nitrogen and oxygen atoms in total. The first-order valence-corrected chi connectivity index (χ1v) is 8.11. The molecule has 1 fully saturated rings. The van der Waals surface area contributed by atoms with Crippen LogP contribution in [0.2, 0.25) is 0 Å². The molecule has 0 amide bonds. The van der Waals surface area contributed by atoms with Crippen molar-refractivity contribution in [2.75, 3.05) is 26.3 Å². The number of hydrogen-bond acceptors (Lipinski definition) is 3. The van der Waals surface area contributed by atoms with Gasteiger partial charge in [0.25, 0.3) is 0 Å². The first-order valence-electron chi connectivity index (χ1n) is 6.67. The van der Waals surface area contributed by atoms with E-state index in [0.717, 1.165) is 16.3 Å². The number of nitrogens with zero attached hydrogens (tertiary/aromatic N) is 1. The molecule has 0 saturated carbocycles. The first-order chi connectivity index (χ1) is 9.60. The van der Waals surface area contributed by atoms with E-state index in [9.17, 15) is 8.42 Å². The second-order valence-corrected chi connectivity index (χ2v) is 6.85. The fraction of sp³-hybridized carbons (Fsp3) is 0.333. The first kappa shape index (κ1) is 13.5. The minimum atomic E-state index is -3.45. The number of ether oxygens (including phenoxy) is 1. The van der Waals surface area contributed by atoms with Crippen LogP contribution < -0.4 is 0 Å². The molecule has 2 aromatic rings. The Kier molecular flexibility index (Phi) is 3.50. The molecule has 0 bridgehead atoms. The molecule has 106 valence electrons. The highest BCUT2D eigenvalue weighted by Gasteiger charge is 2.27. The number of rotatable bonds is 2. The summed E-state index contributed by atoms with van der Waals surface area (Å²) in [6.45, 7) is 3.76. The Bertz CT molecular complexity index is 734. The minimum Gasteiger partial charge on any atom is -0.379 e. The van der Waals surface area contributed by atoms with Gasteiger partial charge < -0.3 is 4.74 Å². The van der Waals surface area contributed by atoms with E-state index in [2.05, 4.69) is 0 Å². The fourth-order valence-corrected chi connectivity index (χ4v) is 4.18. The molecule has 0 aliphatic carbocycles. The standard InChI is InChI=1S/C15H17NO3S/c1-12-6-7-15(14-5-3-2-4-13(12)14)20(17,18)16-8-10-19-11-9-16/h2-7H,8-11H2,1H3. The van der Waals surface area contributed by atoms with Gasteiger partial charge in [-0.3, -0.25) is 0 Å². The van der Waals surface area contributed by atoms with Crippen molar-refractivity contribution < 1.29 is 13.2 Å². The maximum atomic E-state index is 12.8. The summed E-state index contributed by atoms with van der Waals surface area (Å²) in [5, 5.41) is 1.78. The summed E-state index contributed by atoms with van der Waals surface area (Å²) >= 11 is 0. The van der Waals surface area contributed by atoms with Crippen LogP contribution in [0, 0.1) is 6.92 Å². The number of fused-ring (bicyclic) bond motifs is 1. The van der Waals surface area contributed by atoms with Gasteiger partial charge in [-0.25, -0.2) is 8.42 Å². The van der Waals surface area contributed by atoms with E-state index in [1.165, 1.54) is 4.31 Å². The monoisotopic (exact) mass is 291 g/mol. The molecular weight excluding hydrogens is 274 g/mol. The maximum Gasteiger partial charge on any atom is 0.243 e. The fourth-order valence-electron chi connectivity index (χ4n) is 2.57. The molecule has 0 radical (unpaired) electrons. The zero-order valence-electron chi connectivity index (χ0n) is 11.4. The van der Waals surface area contributed by atoms with Gasteiger partial charge in [0.05, 0.1) is 18.1 Å². The molecule has 0 N–H and O–H groups in total. The minimum absolute atomic E-state index is 0.389. The third-order valence-electron chi connectivity index (χ3n) is 3.69. The van der Waals surface area contributed by atoms with Crippen LogP contribution in [0.15, 0.2) is 41.3 Å². The Morgan fingerprint density at radius 3 is 2.35 bits per heavy atom. The molecular formula is C15H17NO3S. The topological polar surface area (TPSA) is 46.6 Å². The van der Waals surface area contributed by atoms with E-state index in [4.69, 9.17) is 4.74 Å². The van der Waals surface area contributed by atoms with Crippen LogP contribution >= 0.6 is 0 Å². The van der Waals surface area contributed by atoms with Gasteiger partial charge in [-0.2, -0.15) is 4.31 Å². The van der Waals surface area contributed by atoms with Crippen molar-refractivity contribution in [3.05, 3.63) is 42.0 Å². The summed E-state index contributed by atoms with van der Waals surface area (Å²) in [6.07, 6.45) is 0. The lowest BCUT2D eigenvalue weighted by Gasteiger charge is -2.26. The molecule has 2 aromatic carbocycles. The normalized spacial score (nSPS) is 17.4. The number of aryl methyl sites for hydroxylation is 1. The van der Waals surface area contributed by atoms with Gasteiger partial charge in [0.1, 0.15) is 0 Å². The molecule has 0 aromatic heterocycles. The van der Waals surface area contributed by atoms with Crippen molar-refractivity contribution in [3.63, 3.8) is 0 Å². The molecule has 1 saturated heterocycles. The highest BCUT2D eigenvalue weighted by atomic mass is 32.2. The Balaban J connectivity index is 2.16. The zero-order chi connectivity index (χ0) is 14.2. The Morgan fingerprint density at radius 2 is 1.65 bits per heavy atom. The van der Waals surface area contributed by atoms with Crippen molar-refractivity contribution in [2.45, 2.75) is 11.8 Å². The van der Waals surface area contributed by atoms with Crippen LogP contribution in [-0.2, 0) is 14.8 Å². The van der Waals surface area contributed by atoms with Gasteiger partial charge in [0.15, 0.2) is 0 Å². The summed E-state index contributed by atoms with van der Waals surface area (Å²) in [5.41, 5.74) is 1.08. The number of sulfonamides is 1. The van der Waals surface area contributed by atoms with Crippen LogP contribution in [-0.4, -0.2) is 39.0 Å². The summed E-state index contributed by atoms with van der Waals surface area (Å²) in [5.74, 6) is 0. The second-order valence-electron chi connectivity index (χ2n) is 4.94. The van der Waals surface area contributed by atoms with Crippen LogP contribution in [0.5, 0.6) is 0 Å². The smallest absolute Gasteiger partial charge is 0.243 e. The zero-order valence-corrected chi connectivity index (χ0v) is 12.2. The van der Waals surface area contributed by atoms with Crippen molar-refractivity contribution in [2.24, 2.45) is 0 Å². The van der Waals surface area contributed by atoms with E-state index in [-0.39, 0.29) is 0 Å². The van der Waals surface area contributed by atoms with Gasteiger partial charge in [0.2, 0.25) is 10.0 Å². The number of morpholine rings is 1. The van der Waals surface area contributed by atoms with E-state index in [1.807, 2.05) is 37.3 Å². The van der Waals surface area contributed by atoms with Crippen molar-refractivity contribution >= 4 is 20.8 Å². The third-order valence-corrected chi connectivity index (χ3v) is 5.65. The number of hydrogen-bond donors (Lipinski definition) is 0. The lowest BCUT2D eigenvalue weighted by Crippen LogP contribution is -2.40. The summed E-state index contributed by atoms with van der Waals surface area (Å²) in [6, 6.07) is 11.2. The van der Waals surface area contributed by atoms with Crippen molar-refractivity contribution in [1.29, 1.82) is 0 Å². The third kappa shape index (κ3) is 2.22. The van der Waals surface area contributed by atoms with E-state index >= 15 is 0 Å². The molecule has 5 heteroatoms. The van der Waals surface area contributed by atoms with Crippen molar-refractivity contribution in [3.8, 4) is 0 Å². The van der Waals surface area contributed by atoms with E-state index < -0.39 is 10.0 Å². The lowest BCUT2D eigenvalue weighted by atomic mass is 10.1. The largest absolute Gasteiger partial charge is 0.379 e. The maximum absolute atomic E-state index is 12.8. The Labute approximate surface area is 119 Å². The average Bonchev–Trinajstić information content (AvgIpc) is 2.48. The average molecular weight is 291 g/mol. The molecule has 0 unspecified atom stereocenters. The van der Waals surface area contributed by atoms with E-state index in [1.54, 1.807) is 6.07 Å². The van der Waals surface area contributed by atoms with Crippen molar-refractivity contribution in [1.82, 2.24) is 4.31 Å². The number of benzene rings is 2. The molecule has 1 aliphatic heterocycles. The molecule has 1 heterocycles. The highest BCUT2D eigenvalue weighted by Crippen LogP contribution is 2.28. The van der Waals surface area contributed by atoms with Crippen LogP contribution in [0.3, 0.4) is 0 Å². The predicted molar refractivity (Wildman–Crippen MR) is 78.3 cm³/mol. The highest BCUT2D eigenvalue weighted by molar-refractivity contribution is 7.89. The quantitative estimate of drug-likeness (QED) is 0.852. The second kappa shape index (κ2) is 5.16. The summed E-state index contributed by atoms with van der Waals surface area (Å²) in [7, 11) is -3.45. The van der Waals surface area contributed by atoms with Gasteiger partial charge in [-0.15, -0.1) is 0 Å². The van der Waals surface area contributed by atoms with Gasteiger partial charge in [-0.05, 0) is 23.9 Å². The van der Waals surface area contributed by atoms with Gasteiger partial charge >= 0.3 is 0 Å². The van der Waals surface area contributed by atoms with Gasteiger partial charge in [-0.1, -0.05) is 30.3 Å². The SMILES string of the molecule is Cc1ccc(S(=O)(=O)N2CCOCC2)c2ccccc12. The molecule has 20 heavy (non-hydrogen) atoms. The Morgan fingerprint density at radius 1 is 1.00 bits per heavy atom. The molecule has 0 atom stereocenters. The lowest BCUT2D eigenvalue weighted by molar-refractivity contribution is 0.0730. The molecule has 0 spiro atoms.